The highest BCUT2D eigenvalue weighted by Gasteiger charge is 2.25. The van der Waals surface area contributed by atoms with Gasteiger partial charge in [-0.25, -0.2) is 9.78 Å². The Morgan fingerprint density at radius 2 is 1.96 bits per heavy atom. The monoisotopic (exact) mass is 329 g/mol. The summed E-state index contributed by atoms with van der Waals surface area (Å²) in [6, 6.07) is 9.71. The van der Waals surface area contributed by atoms with E-state index in [2.05, 4.69) is 10.3 Å². The number of ether oxygens (including phenoxy) is 1. The molecule has 2 heterocycles. The fraction of sp³-hybridized carbons (Fsp3) is 0.444. The highest BCUT2D eigenvalue weighted by molar-refractivity contribution is 5.74. The highest BCUT2D eigenvalue weighted by Crippen LogP contribution is 2.18. The Kier molecular flexibility index (Phi) is 5.15. The summed E-state index contributed by atoms with van der Waals surface area (Å²) in [5.74, 6) is 0.604. The topological polar surface area (TPSA) is 67.6 Å². The maximum absolute atomic E-state index is 12.2. The molecule has 3 rings (SSSR count). The van der Waals surface area contributed by atoms with E-state index in [0.29, 0.717) is 31.9 Å². The maximum Gasteiger partial charge on any atom is 0.317 e. The number of amides is 2. The molecule has 0 saturated carbocycles. The van der Waals surface area contributed by atoms with E-state index in [1.807, 2.05) is 44.2 Å². The lowest BCUT2D eigenvalue weighted by molar-refractivity contribution is -0.0544. The fourth-order valence-corrected chi connectivity index (χ4v) is 2.89. The zero-order valence-corrected chi connectivity index (χ0v) is 14.1. The van der Waals surface area contributed by atoms with Gasteiger partial charge < -0.3 is 19.4 Å². The second kappa shape index (κ2) is 7.49. The Morgan fingerprint density at radius 3 is 2.67 bits per heavy atom. The minimum Gasteiger partial charge on any atom is -0.444 e. The smallest absolute Gasteiger partial charge is 0.317 e. The minimum atomic E-state index is -0.0521. The predicted molar refractivity (Wildman–Crippen MR) is 90.6 cm³/mol. The molecule has 2 atom stereocenters. The Morgan fingerprint density at radius 1 is 1.25 bits per heavy atom. The van der Waals surface area contributed by atoms with Crippen LogP contribution in [0.5, 0.6) is 0 Å². The van der Waals surface area contributed by atoms with E-state index in [0.717, 1.165) is 11.3 Å². The van der Waals surface area contributed by atoms with Crippen molar-refractivity contribution in [3.63, 3.8) is 0 Å². The molecular weight excluding hydrogens is 306 g/mol. The molecule has 1 aliphatic heterocycles. The van der Waals surface area contributed by atoms with Crippen LogP contribution in [0.3, 0.4) is 0 Å². The number of hydrogen-bond donors (Lipinski definition) is 1. The van der Waals surface area contributed by atoms with Gasteiger partial charge in [0.15, 0.2) is 0 Å². The minimum absolute atomic E-state index is 0.0521. The normalized spacial score (nSPS) is 20.8. The summed E-state index contributed by atoms with van der Waals surface area (Å²) in [6.07, 6.45) is 2.43. The van der Waals surface area contributed by atoms with Crippen molar-refractivity contribution < 1.29 is 13.9 Å². The van der Waals surface area contributed by atoms with Crippen LogP contribution < -0.4 is 5.32 Å². The summed E-state index contributed by atoms with van der Waals surface area (Å²) in [5.41, 5.74) is 1.78. The molecule has 1 saturated heterocycles. The molecule has 6 nitrogen and oxygen atoms in total. The summed E-state index contributed by atoms with van der Waals surface area (Å²) in [4.78, 5) is 18.5. The molecule has 1 aliphatic rings. The molecule has 24 heavy (non-hydrogen) atoms. The van der Waals surface area contributed by atoms with E-state index >= 15 is 0 Å². The molecule has 2 amide bonds. The van der Waals surface area contributed by atoms with Gasteiger partial charge in [-0.15, -0.1) is 0 Å². The van der Waals surface area contributed by atoms with Crippen molar-refractivity contribution in [2.75, 3.05) is 19.6 Å². The van der Waals surface area contributed by atoms with Gasteiger partial charge >= 0.3 is 6.03 Å². The van der Waals surface area contributed by atoms with E-state index < -0.39 is 0 Å². The largest absolute Gasteiger partial charge is 0.444 e. The number of carbonyl (C=O) groups excluding carboxylic acids is 1. The molecule has 0 aliphatic carbocycles. The van der Waals surface area contributed by atoms with Gasteiger partial charge in [-0.05, 0) is 26.0 Å². The third kappa shape index (κ3) is 4.14. The number of morpholine rings is 1. The van der Waals surface area contributed by atoms with Crippen molar-refractivity contribution in [2.45, 2.75) is 32.5 Å². The molecule has 0 spiro atoms. The predicted octanol–water partition coefficient (Wildman–Crippen LogP) is 2.70. The van der Waals surface area contributed by atoms with E-state index in [4.69, 9.17) is 9.15 Å². The molecule has 6 heteroatoms. The molecular formula is C18H23N3O3. The molecule has 1 aromatic heterocycles. The molecule has 0 unspecified atom stereocenters. The number of rotatable bonds is 4. The molecule has 1 fully saturated rings. The van der Waals surface area contributed by atoms with Crippen LogP contribution in [0.4, 0.5) is 4.79 Å². The number of carbonyl (C=O) groups is 1. The molecule has 1 N–H and O–H groups in total. The Hall–Kier alpha value is -2.34. The average Bonchev–Trinajstić information content (AvgIpc) is 3.03. The average molecular weight is 329 g/mol. The van der Waals surface area contributed by atoms with Crippen molar-refractivity contribution >= 4 is 6.03 Å². The van der Waals surface area contributed by atoms with Crippen molar-refractivity contribution in [3.8, 4) is 11.5 Å². The lowest BCUT2D eigenvalue weighted by Crippen LogP contribution is -2.51. The van der Waals surface area contributed by atoms with Crippen LogP contribution in [0.1, 0.15) is 19.5 Å². The molecule has 0 bridgehead atoms. The summed E-state index contributed by atoms with van der Waals surface area (Å²) >= 11 is 0. The van der Waals surface area contributed by atoms with Crippen molar-refractivity contribution in [1.29, 1.82) is 0 Å². The molecule has 128 valence electrons. The zero-order chi connectivity index (χ0) is 16.9. The number of hydrogen-bond acceptors (Lipinski definition) is 4. The molecule has 1 aromatic carbocycles. The van der Waals surface area contributed by atoms with E-state index in [1.165, 1.54) is 0 Å². The van der Waals surface area contributed by atoms with Gasteiger partial charge in [0.05, 0.1) is 17.9 Å². The van der Waals surface area contributed by atoms with E-state index in [9.17, 15) is 4.79 Å². The van der Waals surface area contributed by atoms with Gasteiger partial charge in [0.2, 0.25) is 5.89 Å². The fourth-order valence-electron chi connectivity index (χ4n) is 2.89. The summed E-state index contributed by atoms with van der Waals surface area (Å²) in [5, 5.41) is 2.94. The van der Waals surface area contributed by atoms with Crippen LogP contribution in [0.25, 0.3) is 11.5 Å². The highest BCUT2D eigenvalue weighted by atomic mass is 16.5. The molecule has 0 radical (unpaired) electrons. The first-order valence-electron chi connectivity index (χ1n) is 8.30. The van der Waals surface area contributed by atoms with Gasteiger partial charge in [0, 0.05) is 31.6 Å². The number of oxazole rings is 1. The van der Waals surface area contributed by atoms with Crippen LogP contribution in [0.15, 0.2) is 41.0 Å². The first kappa shape index (κ1) is 16.5. The van der Waals surface area contributed by atoms with Crippen molar-refractivity contribution in [3.05, 3.63) is 42.3 Å². The van der Waals surface area contributed by atoms with Gasteiger partial charge in [0.25, 0.3) is 0 Å². The molecule has 2 aromatic rings. The lowest BCUT2D eigenvalue weighted by Gasteiger charge is -2.35. The Bertz CT molecular complexity index is 661. The quantitative estimate of drug-likeness (QED) is 0.936. The van der Waals surface area contributed by atoms with Gasteiger partial charge in [0.1, 0.15) is 6.26 Å². The number of nitrogens with zero attached hydrogens (tertiary/aromatic N) is 2. The summed E-state index contributed by atoms with van der Waals surface area (Å²) < 4.78 is 11.1. The summed E-state index contributed by atoms with van der Waals surface area (Å²) in [7, 11) is 0. The van der Waals surface area contributed by atoms with Crippen molar-refractivity contribution in [2.24, 2.45) is 0 Å². The van der Waals surface area contributed by atoms with E-state index in [-0.39, 0.29) is 18.2 Å². The van der Waals surface area contributed by atoms with Crippen LogP contribution >= 0.6 is 0 Å². The first-order chi connectivity index (χ1) is 11.6. The standard InChI is InChI=1S/C18H23N3O3/c1-13-10-21(11-14(2)24-13)18(22)19-9-8-16-12-23-17(20-16)15-6-4-3-5-7-15/h3-7,12-14H,8-11H2,1-2H3,(H,19,22)/t13-,14-/m0/s1. The van der Waals surface area contributed by atoms with Crippen LogP contribution in [-0.4, -0.2) is 47.8 Å². The van der Waals surface area contributed by atoms with Gasteiger partial charge in [-0.3, -0.25) is 0 Å². The number of nitrogens with one attached hydrogen (secondary N) is 1. The maximum atomic E-state index is 12.2. The van der Waals surface area contributed by atoms with Gasteiger partial charge in [-0.2, -0.15) is 0 Å². The van der Waals surface area contributed by atoms with Crippen LogP contribution in [-0.2, 0) is 11.2 Å². The third-order valence-electron chi connectivity index (χ3n) is 3.94. The van der Waals surface area contributed by atoms with Gasteiger partial charge in [-0.1, -0.05) is 18.2 Å². The summed E-state index contributed by atoms with van der Waals surface area (Å²) in [6.45, 7) is 5.74. The van der Waals surface area contributed by atoms with E-state index in [1.54, 1.807) is 11.2 Å². The Balaban J connectivity index is 1.48. The SMILES string of the molecule is C[C@H]1CN(C(=O)NCCc2coc(-c3ccccc3)n2)C[C@H](C)O1. The second-order valence-electron chi connectivity index (χ2n) is 6.15. The number of benzene rings is 1. The number of aromatic nitrogens is 1. The Labute approximate surface area is 141 Å². The second-order valence-corrected chi connectivity index (χ2v) is 6.15. The van der Waals surface area contributed by atoms with Crippen molar-refractivity contribution in [1.82, 2.24) is 15.2 Å². The zero-order valence-electron chi connectivity index (χ0n) is 14.1. The van der Waals surface area contributed by atoms with Crippen LogP contribution in [0, 0.1) is 0 Å². The number of urea groups is 1. The third-order valence-corrected chi connectivity index (χ3v) is 3.94. The lowest BCUT2D eigenvalue weighted by atomic mass is 10.2. The first-order valence-corrected chi connectivity index (χ1v) is 8.30. The van der Waals surface area contributed by atoms with Crippen LogP contribution in [0.2, 0.25) is 0 Å².